The molecule has 200 valence electrons. The molecule has 0 fully saturated rings. The second-order valence-corrected chi connectivity index (χ2v) is 9.91. The maximum Gasteiger partial charge on any atom is 0.338 e. The van der Waals surface area contributed by atoms with Crippen LogP contribution in [0.3, 0.4) is 0 Å². The highest BCUT2D eigenvalue weighted by Crippen LogP contribution is 2.37. The van der Waals surface area contributed by atoms with Crippen LogP contribution in [0.1, 0.15) is 72.4 Å². The minimum absolute atomic E-state index is 0.207. The van der Waals surface area contributed by atoms with Gasteiger partial charge in [-0.05, 0) is 33.1 Å². The van der Waals surface area contributed by atoms with Crippen LogP contribution in [0.15, 0.2) is 15.6 Å². The normalized spacial score (nSPS) is 17.7. The van der Waals surface area contributed by atoms with E-state index in [2.05, 4.69) is 20.4 Å². The SMILES string of the molecule is COc1cc(OC(C)=O)c2c(c1C)C(=O)OCCCCC(=S)N[C@H](c1nc(CN=C(C)N)no1)CSC2. The fraction of sp³-hybridized carbons (Fsp3) is 0.500. The molecule has 3 N–H and O–H groups in total. The van der Waals surface area contributed by atoms with Gasteiger partial charge in [0, 0.05) is 35.6 Å². The lowest BCUT2D eigenvalue weighted by Crippen LogP contribution is -2.29. The molecular formula is C24H31N5O6S2. The van der Waals surface area contributed by atoms with Crippen LogP contribution < -0.4 is 20.5 Å². The molecule has 0 saturated carbocycles. The quantitative estimate of drug-likeness (QED) is 0.185. The average Bonchev–Trinajstić information content (AvgIpc) is 3.31. The number of ether oxygens (including phenoxy) is 3. The number of amidine groups is 1. The molecule has 11 nitrogen and oxygen atoms in total. The van der Waals surface area contributed by atoms with E-state index in [1.165, 1.54) is 25.8 Å². The molecule has 1 aromatic heterocycles. The first-order valence-corrected chi connectivity index (χ1v) is 13.3. The molecule has 3 rings (SSSR count). The standard InChI is InChI=1S/C24H31N5O6S2/c1-13-18(32-4)9-19(34-15(3)30)16-11-37-12-17(23-28-20(29-35-23)10-26-14(2)25)27-21(36)7-5-6-8-33-24(31)22(13)16/h9,17H,5-8,10-12H2,1-4H3,(H2,25,26)(H,27,36)/t17-/m0/s1. The van der Waals surface area contributed by atoms with Crippen molar-refractivity contribution in [3.05, 3.63) is 34.5 Å². The molecule has 0 spiro atoms. The molecule has 0 aliphatic carbocycles. The Hall–Kier alpha value is -3.19. The lowest BCUT2D eigenvalue weighted by atomic mass is 10.0. The van der Waals surface area contributed by atoms with Crippen molar-refractivity contribution in [1.82, 2.24) is 15.5 Å². The summed E-state index contributed by atoms with van der Waals surface area (Å²) < 4.78 is 22.0. The van der Waals surface area contributed by atoms with Crippen LogP contribution in [0.5, 0.6) is 11.5 Å². The van der Waals surface area contributed by atoms with Gasteiger partial charge in [0.25, 0.3) is 0 Å². The van der Waals surface area contributed by atoms with Gasteiger partial charge in [0.15, 0.2) is 5.82 Å². The monoisotopic (exact) mass is 549 g/mol. The number of thioether (sulfide) groups is 1. The number of rotatable bonds is 5. The lowest BCUT2D eigenvalue weighted by molar-refractivity contribution is -0.131. The average molecular weight is 550 g/mol. The van der Waals surface area contributed by atoms with Crippen molar-refractivity contribution in [2.45, 2.75) is 58.4 Å². The van der Waals surface area contributed by atoms with Crippen LogP contribution in [0.25, 0.3) is 0 Å². The topological polar surface area (TPSA) is 151 Å². The van der Waals surface area contributed by atoms with Gasteiger partial charge in [-0.15, -0.1) is 0 Å². The number of thiocarbonyl (C=S) groups is 1. The number of nitrogens with one attached hydrogen (secondary N) is 1. The number of carbonyl (C=O) groups is 2. The highest BCUT2D eigenvalue weighted by atomic mass is 32.2. The summed E-state index contributed by atoms with van der Waals surface area (Å²) in [4.78, 5) is 34.2. The zero-order chi connectivity index (χ0) is 26.9. The predicted molar refractivity (Wildman–Crippen MR) is 143 cm³/mol. The van der Waals surface area contributed by atoms with Crippen LogP contribution in [-0.4, -0.2) is 52.4 Å². The van der Waals surface area contributed by atoms with Crippen molar-refractivity contribution >= 4 is 46.7 Å². The van der Waals surface area contributed by atoms with Gasteiger partial charge in [0.05, 0.1) is 30.1 Å². The van der Waals surface area contributed by atoms with E-state index >= 15 is 0 Å². The number of nitrogens with zero attached hydrogens (tertiary/aromatic N) is 3. The number of fused-ring (bicyclic) bond motifs is 1. The summed E-state index contributed by atoms with van der Waals surface area (Å²) in [5, 5.41) is 7.31. The van der Waals surface area contributed by atoms with E-state index in [0.717, 1.165) is 6.42 Å². The van der Waals surface area contributed by atoms with Crippen LogP contribution in [-0.2, 0) is 21.8 Å². The van der Waals surface area contributed by atoms with E-state index < -0.39 is 11.9 Å². The van der Waals surface area contributed by atoms with Crippen molar-refractivity contribution < 1.29 is 28.3 Å². The number of hydrogen-bond acceptors (Lipinski definition) is 11. The number of benzene rings is 1. The zero-order valence-electron chi connectivity index (χ0n) is 21.3. The number of methoxy groups -OCH3 is 1. The predicted octanol–water partition coefficient (Wildman–Crippen LogP) is 3.42. The van der Waals surface area contributed by atoms with E-state index in [0.29, 0.717) is 69.3 Å². The molecule has 37 heavy (non-hydrogen) atoms. The largest absolute Gasteiger partial charge is 0.496 e. The van der Waals surface area contributed by atoms with Gasteiger partial charge >= 0.3 is 11.9 Å². The minimum atomic E-state index is -0.510. The molecular weight excluding hydrogens is 518 g/mol. The Labute approximate surface area is 224 Å². The molecule has 2 aromatic rings. The second kappa shape index (κ2) is 13.4. The first-order chi connectivity index (χ1) is 17.7. The lowest BCUT2D eigenvalue weighted by Gasteiger charge is -2.21. The third-order valence-electron chi connectivity index (χ3n) is 5.43. The van der Waals surface area contributed by atoms with Crippen molar-refractivity contribution in [3.8, 4) is 11.5 Å². The van der Waals surface area contributed by atoms with Gasteiger partial charge in [0.2, 0.25) is 5.89 Å². The highest BCUT2D eigenvalue weighted by molar-refractivity contribution is 7.98. The summed E-state index contributed by atoms with van der Waals surface area (Å²) in [6, 6.07) is 1.23. The molecule has 13 heteroatoms. The summed E-state index contributed by atoms with van der Waals surface area (Å²) in [6.07, 6.45) is 1.97. The number of esters is 2. The van der Waals surface area contributed by atoms with Gasteiger partial charge in [-0.25, -0.2) is 4.79 Å². The fourth-order valence-electron chi connectivity index (χ4n) is 3.68. The van der Waals surface area contributed by atoms with E-state index in [9.17, 15) is 9.59 Å². The molecule has 2 heterocycles. The first-order valence-electron chi connectivity index (χ1n) is 11.7. The zero-order valence-corrected chi connectivity index (χ0v) is 22.9. The molecule has 0 bridgehead atoms. The molecule has 0 saturated heterocycles. The van der Waals surface area contributed by atoms with Crippen molar-refractivity contribution in [3.63, 3.8) is 0 Å². The Kier molecular flexibility index (Phi) is 10.3. The third-order valence-corrected chi connectivity index (χ3v) is 6.82. The minimum Gasteiger partial charge on any atom is -0.496 e. The molecule has 0 amide bonds. The Balaban J connectivity index is 1.95. The summed E-state index contributed by atoms with van der Waals surface area (Å²) in [6.45, 7) is 5.20. The van der Waals surface area contributed by atoms with E-state index in [-0.39, 0.29) is 24.9 Å². The Morgan fingerprint density at radius 3 is 2.84 bits per heavy atom. The Bertz CT molecular complexity index is 1180. The maximum absolute atomic E-state index is 13.1. The number of nitrogens with two attached hydrogens (primary N) is 1. The molecule has 1 aromatic carbocycles. The summed E-state index contributed by atoms with van der Waals surface area (Å²) in [7, 11) is 1.49. The summed E-state index contributed by atoms with van der Waals surface area (Å²) in [5.41, 5.74) is 7.09. The Morgan fingerprint density at radius 2 is 2.14 bits per heavy atom. The van der Waals surface area contributed by atoms with E-state index in [1.54, 1.807) is 19.9 Å². The number of aliphatic imine (C=N–C) groups is 1. The van der Waals surface area contributed by atoms with E-state index in [4.69, 9.17) is 36.7 Å². The van der Waals surface area contributed by atoms with Crippen molar-refractivity contribution in [2.24, 2.45) is 10.7 Å². The molecule has 0 radical (unpaired) electrons. The van der Waals surface area contributed by atoms with Gasteiger partial charge in [-0.1, -0.05) is 17.4 Å². The van der Waals surface area contributed by atoms with Gasteiger partial charge in [0.1, 0.15) is 24.1 Å². The number of aromatic nitrogens is 2. The molecule has 1 aliphatic rings. The van der Waals surface area contributed by atoms with Gasteiger partial charge < -0.3 is 29.8 Å². The summed E-state index contributed by atoms with van der Waals surface area (Å²) in [5.74, 6) is 1.68. The Morgan fingerprint density at radius 1 is 1.35 bits per heavy atom. The third kappa shape index (κ3) is 7.89. The summed E-state index contributed by atoms with van der Waals surface area (Å²) >= 11 is 7.02. The number of cyclic esters (lactones) is 1. The molecule has 1 aliphatic heterocycles. The molecule has 1 atom stereocenters. The van der Waals surface area contributed by atoms with Crippen LogP contribution >= 0.6 is 24.0 Å². The number of carbonyl (C=O) groups excluding carboxylic acids is 2. The fourth-order valence-corrected chi connectivity index (χ4v) is 5.03. The number of hydrogen-bond donors (Lipinski definition) is 2. The first kappa shape index (κ1) is 28.4. The maximum atomic E-state index is 13.1. The smallest absolute Gasteiger partial charge is 0.338 e. The van der Waals surface area contributed by atoms with Crippen molar-refractivity contribution in [2.75, 3.05) is 19.5 Å². The van der Waals surface area contributed by atoms with E-state index in [1.807, 2.05) is 0 Å². The second-order valence-electron chi connectivity index (χ2n) is 8.38. The van der Waals surface area contributed by atoms with Crippen LogP contribution in [0.2, 0.25) is 0 Å². The van der Waals surface area contributed by atoms with Crippen molar-refractivity contribution in [1.29, 1.82) is 0 Å². The van der Waals surface area contributed by atoms with Gasteiger partial charge in [-0.2, -0.15) is 16.7 Å². The van der Waals surface area contributed by atoms with Gasteiger partial charge in [-0.3, -0.25) is 9.79 Å². The molecule has 0 unspecified atom stereocenters. The highest BCUT2D eigenvalue weighted by Gasteiger charge is 2.26. The van der Waals surface area contributed by atoms with Crippen LogP contribution in [0, 0.1) is 6.92 Å². The van der Waals surface area contributed by atoms with Crippen LogP contribution in [0.4, 0.5) is 0 Å².